The fraction of sp³-hybridized carbons (Fsp3) is 0.667. The number of carbonyl (C=O) groups is 2. The lowest BCUT2D eigenvalue weighted by Gasteiger charge is -2.05. The molecule has 1 aliphatic rings. The monoisotopic (exact) mass is 285 g/mol. The minimum absolute atomic E-state index is 0.0725. The largest absolute Gasteiger partial charge is 0.335 e. The van der Waals surface area contributed by atoms with Crippen molar-refractivity contribution < 1.29 is 9.59 Å². The van der Waals surface area contributed by atoms with Crippen molar-refractivity contribution in [1.82, 2.24) is 30.8 Å². The summed E-state index contributed by atoms with van der Waals surface area (Å²) in [5, 5.41) is 16.4. The Balaban J connectivity index is 1.72. The normalized spacial score (nSPS) is 14.2. The molecule has 9 nitrogen and oxygen atoms in total. The fourth-order valence-corrected chi connectivity index (χ4v) is 2.01. The zero-order chi connectivity index (χ0) is 13.7. The molecule has 1 heterocycles. The smallest absolute Gasteiger partial charge is 0.321 e. The van der Waals surface area contributed by atoms with Crippen LogP contribution in [-0.2, 0) is 11.3 Å². The molecule has 3 amide bonds. The molecular weight excluding hydrogens is 270 g/mol. The van der Waals surface area contributed by atoms with E-state index in [0.717, 1.165) is 24.6 Å². The van der Waals surface area contributed by atoms with E-state index in [4.69, 9.17) is 5.73 Å². The number of imide groups is 1. The maximum Gasteiger partial charge on any atom is 0.321 e. The highest BCUT2D eigenvalue weighted by Gasteiger charge is 2.23. The van der Waals surface area contributed by atoms with Gasteiger partial charge >= 0.3 is 6.03 Å². The molecular formula is C9H15N7O2S. The predicted octanol–water partition coefficient (Wildman–Crippen LogP) is -1.29. The zero-order valence-corrected chi connectivity index (χ0v) is 11.0. The molecule has 19 heavy (non-hydrogen) atoms. The maximum absolute atomic E-state index is 11.5. The highest BCUT2D eigenvalue weighted by atomic mass is 32.2. The number of nitrogens with one attached hydrogen (secondary N) is 2. The Kier molecular flexibility index (Phi) is 4.68. The van der Waals surface area contributed by atoms with Gasteiger partial charge in [0.25, 0.3) is 0 Å². The molecule has 1 saturated carbocycles. The van der Waals surface area contributed by atoms with Crippen molar-refractivity contribution in [2.75, 3.05) is 12.3 Å². The summed E-state index contributed by atoms with van der Waals surface area (Å²) in [6, 6.07) is -0.230. The van der Waals surface area contributed by atoms with Crippen LogP contribution in [0.5, 0.6) is 0 Å². The van der Waals surface area contributed by atoms with Gasteiger partial charge in [0.1, 0.15) is 0 Å². The minimum Gasteiger partial charge on any atom is -0.335 e. The molecule has 0 bridgehead atoms. The summed E-state index contributed by atoms with van der Waals surface area (Å²) in [4.78, 5) is 22.8. The maximum atomic E-state index is 11.5. The van der Waals surface area contributed by atoms with Gasteiger partial charge in [-0.25, -0.2) is 9.48 Å². The quantitative estimate of drug-likeness (QED) is 0.555. The summed E-state index contributed by atoms with van der Waals surface area (Å²) < 4.78 is 1.52. The zero-order valence-electron chi connectivity index (χ0n) is 10.2. The van der Waals surface area contributed by atoms with E-state index in [9.17, 15) is 9.59 Å². The van der Waals surface area contributed by atoms with Crippen molar-refractivity contribution in [2.24, 2.45) is 5.73 Å². The van der Waals surface area contributed by atoms with Gasteiger partial charge in [-0.05, 0) is 23.3 Å². The second-order valence-electron chi connectivity index (χ2n) is 4.06. The molecule has 0 aromatic carbocycles. The summed E-state index contributed by atoms with van der Waals surface area (Å²) in [5.41, 5.74) is 5.40. The number of nitrogens with zero attached hydrogens (tertiary/aromatic N) is 4. The lowest BCUT2D eigenvalue weighted by atomic mass is 10.6. The van der Waals surface area contributed by atoms with Crippen molar-refractivity contribution in [3.05, 3.63) is 0 Å². The van der Waals surface area contributed by atoms with Gasteiger partial charge in [-0.3, -0.25) is 10.1 Å². The van der Waals surface area contributed by atoms with Crippen LogP contribution in [0.25, 0.3) is 0 Å². The average molecular weight is 285 g/mol. The molecule has 1 aromatic rings. The van der Waals surface area contributed by atoms with E-state index in [1.54, 1.807) is 0 Å². The molecule has 0 aliphatic heterocycles. The van der Waals surface area contributed by atoms with E-state index in [0.29, 0.717) is 18.2 Å². The number of rotatable bonds is 6. The average Bonchev–Trinajstić information content (AvgIpc) is 3.05. The van der Waals surface area contributed by atoms with Crippen molar-refractivity contribution in [2.45, 2.75) is 30.6 Å². The number of carbonyl (C=O) groups excluding carboxylic acids is 2. The number of thioether (sulfide) groups is 1. The second-order valence-corrected chi connectivity index (χ2v) is 5.00. The first-order valence-electron chi connectivity index (χ1n) is 5.88. The van der Waals surface area contributed by atoms with Gasteiger partial charge in [-0.15, -0.1) is 5.10 Å². The van der Waals surface area contributed by atoms with Crippen LogP contribution >= 0.6 is 11.8 Å². The second kappa shape index (κ2) is 6.48. The number of tetrazole rings is 1. The van der Waals surface area contributed by atoms with Gasteiger partial charge in [0.15, 0.2) is 0 Å². The van der Waals surface area contributed by atoms with E-state index in [2.05, 4.69) is 26.2 Å². The van der Waals surface area contributed by atoms with Crippen molar-refractivity contribution >= 4 is 23.7 Å². The Bertz CT molecular complexity index is 459. The molecule has 0 unspecified atom stereocenters. The Morgan fingerprint density at radius 3 is 2.95 bits per heavy atom. The molecule has 1 fully saturated rings. The molecule has 0 radical (unpaired) electrons. The van der Waals surface area contributed by atoms with E-state index < -0.39 is 6.03 Å². The molecule has 0 saturated heterocycles. The van der Waals surface area contributed by atoms with Crippen LogP contribution in [0, 0.1) is 0 Å². The molecule has 4 N–H and O–H groups in total. The Labute approximate surface area is 113 Å². The number of nitrogens with two attached hydrogens (primary N) is 1. The first-order chi connectivity index (χ1) is 9.19. The van der Waals surface area contributed by atoms with E-state index in [1.807, 2.05) is 0 Å². The molecule has 104 valence electrons. The van der Waals surface area contributed by atoms with E-state index >= 15 is 0 Å². The van der Waals surface area contributed by atoms with E-state index in [1.165, 1.54) is 4.68 Å². The number of hydrogen-bond donors (Lipinski definition) is 3. The van der Waals surface area contributed by atoms with Crippen LogP contribution < -0.4 is 16.4 Å². The third-order valence-corrected chi connectivity index (χ3v) is 3.29. The van der Waals surface area contributed by atoms with Gasteiger partial charge in [0, 0.05) is 12.6 Å². The molecule has 0 spiro atoms. The van der Waals surface area contributed by atoms with Gasteiger partial charge in [0.05, 0.1) is 12.3 Å². The Hall–Kier alpha value is -1.68. The summed E-state index contributed by atoms with van der Waals surface area (Å²) in [5.74, 6) is -0.311. The standard InChI is InChI=1S/C9H15N7O2S/c10-3-4-16-9(13-14-15-16)19-5-7(17)12-8(18)11-6-1-2-6/h6H,1-5,10H2,(H2,11,12,17,18). The third-order valence-electron chi connectivity index (χ3n) is 2.34. The van der Waals surface area contributed by atoms with Crippen molar-refractivity contribution in [3.63, 3.8) is 0 Å². The molecule has 0 atom stereocenters. The number of aromatic nitrogens is 4. The van der Waals surface area contributed by atoms with Gasteiger partial charge in [-0.1, -0.05) is 11.8 Å². The molecule has 1 aromatic heterocycles. The third kappa shape index (κ3) is 4.48. The van der Waals surface area contributed by atoms with Crippen LogP contribution in [0.4, 0.5) is 4.79 Å². The number of hydrogen-bond acceptors (Lipinski definition) is 7. The van der Waals surface area contributed by atoms with E-state index in [-0.39, 0.29) is 17.7 Å². The predicted molar refractivity (Wildman–Crippen MR) is 67.3 cm³/mol. The lowest BCUT2D eigenvalue weighted by molar-refractivity contribution is -0.117. The van der Waals surface area contributed by atoms with Crippen LogP contribution in [0.15, 0.2) is 5.16 Å². The van der Waals surface area contributed by atoms with Gasteiger partial charge < -0.3 is 11.1 Å². The van der Waals surface area contributed by atoms with Gasteiger partial charge in [0.2, 0.25) is 11.1 Å². The van der Waals surface area contributed by atoms with Crippen LogP contribution in [0.2, 0.25) is 0 Å². The van der Waals surface area contributed by atoms with Crippen LogP contribution in [0.1, 0.15) is 12.8 Å². The molecule has 2 rings (SSSR count). The summed E-state index contributed by atoms with van der Waals surface area (Å²) in [6.45, 7) is 0.897. The molecule has 10 heteroatoms. The number of urea groups is 1. The summed E-state index contributed by atoms with van der Waals surface area (Å²) >= 11 is 1.16. The Morgan fingerprint density at radius 1 is 1.47 bits per heavy atom. The first-order valence-corrected chi connectivity index (χ1v) is 6.87. The van der Waals surface area contributed by atoms with Crippen molar-refractivity contribution in [3.8, 4) is 0 Å². The highest BCUT2D eigenvalue weighted by molar-refractivity contribution is 7.99. The highest BCUT2D eigenvalue weighted by Crippen LogP contribution is 2.18. The topological polar surface area (TPSA) is 128 Å². The number of amides is 3. The summed E-state index contributed by atoms with van der Waals surface area (Å²) in [6.07, 6.45) is 1.95. The summed E-state index contributed by atoms with van der Waals surface area (Å²) in [7, 11) is 0. The lowest BCUT2D eigenvalue weighted by Crippen LogP contribution is -2.41. The van der Waals surface area contributed by atoms with Crippen LogP contribution in [-0.4, -0.2) is 50.5 Å². The van der Waals surface area contributed by atoms with Gasteiger partial charge in [-0.2, -0.15) is 0 Å². The minimum atomic E-state index is -0.449. The SMILES string of the molecule is NCCn1nnnc1SCC(=O)NC(=O)NC1CC1. The fourth-order valence-electron chi connectivity index (χ4n) is 1.30. The molecule has 1 aliphatic carbocycles. The van der Waals surface area contributed by atoms with Crippen LogP contribution in [0.3, 0.4) is 0 Å². The Morgan fingerprint density at radius 2 is 2.26 bits per heavy atom. The first kappa shape index (κ1) is 13.7. The van der Waals surface area contributed by atoms with Crippen molar-refractivity contribution in [1.29, 1.82) is 0 Å².